The van der Waals surface area contributed by atoms with Crippen molar-refractivity contribution in [1.82, 2.24) is 20.0 Å². The second-order valence-corrected chi connectivity index (χ2v) is 6.12. The van der Waals surface area contributed by atoms with Crippen LogP contribution >= 0.6 is 0 Å². The van der Waals surface area contributed by atoms with Crippen LogP contribution in [-0.2, 0) is 13.2 Å². The van der Waals surface area contributed by atoms with Crippen molar-refractivity contribution in [3.05, 3.63) is 90.3 Å². The van der Waals surface area contributed by atoms with Gasteiger partial charge in [0.05, 0.1) is 12.7 Å². The molecule has 0 radical (unpaired) electrons. The van der Waals surface area contributed by atoms with Crippen LogP contribution in [0.3, 0.4) is 0 Å². The lowest BCUT2D eigenvalue weighted by Crippen LogP contribution is -2.04. The monoisotopic (exact) mass is 357 g/mol. The number of ether oxygens (including phenoxy) is 1. The Bertz CT molecular complexity index is 1030. The van der Waals surface area contributed by atoms with Crippen LogP contribution < -0.4 is 10.5 Å². The topological polar surface area (TPSA) is 78.8 Å². The Morgan fingerprint density at radius 3 is 2.59 bits per heavy atom. The molecule has 6 heteroatoms. The minimum Gasteiger partial charge on any atom is -0.489 e. The first-order chi connectivity index (χ1) is 13.3. The van der Waals surface area contributed by atoms with Gasteiger partial charge in [-0.05, 0) is 23.8 Å². The maximum absolute atomic E-state index is 6.01. The summed E-state index contributed by atoms with van der Waals surface area (Å²) < 4.78 is 7.78. The summed E-state index contributed by atoms with van der Waals surface area (Å²) in [5, 5.41) is 8.43. The summed E-state index contributed by atoms with van der Waals surface area (Å²) in [5.41, 5.74) is 9.56. The summed E-state index contributed by atoms with van der Waals surface area (Å²) in [6.45, 7) is 1.07. The first-order valence-corrected chi connectivity index (χ1v) is 8.65. The third-order valence-corrected chi connectivity index (χ3v) is 4.20. The smallest absolute Gasteiger partial charge is 0.132 e. The molecule has 0 fully saturated rings. The molecule has 2 aromatic heterocycles. The molecule has 2 aromatic carbocycles. The number of para-hydroxylation sites is 1. The van der Waals surface area contributed by atoms with Crippen molar-refractivity contribution in [3.63, 3.8) is 0 Å². The maximum atomic E-state index is 6.01. The molecule has 0 bridgehead atoms. The van der Waals surface area contributed by atoms with Crippen LogP contribution in [0.15, 0.2) is 79.1 Å². The van der Waals surface area contributed by atoms with E-state index in [0.717, 1.165) is 22.4 Å². The van der Waals surface area contributed by atoms with E-state index >= 15 is 0 Å². The second-order valence-electron chi connectivity index (χ2n) is 6.12. The van der Waals surface area contributed by atoms with Gasteiger partial charge < -0.3 is 10.5 Å². The number of benzene rings is 2. The number of nitrogens with zero attached hydrogens (tertiary/aromatic N) is 4. The fourth-order valence-electron chi connectivity index (χ4n) is 2.82. The molecule has 0 aliphatic carbocycles. The number of hydrogen-bond donors (Lipinski definition) is 1. The van der Waals surface area contributed by atoms with Crippen LogP contribution in [-0.4, -0.2) is 20.0 Å². The van der Waals surface area contributed by atoms with Gasteiger partial charge in [0.2, 0.25) is 0 Å². The summed E-state index contributed by atoms with van der Waals surface area (Å²) in [6, 6.07) is 21.8. The van der Waals surface area contributed by atoms with Crippen LogP contribution in [0, 0.1) is 0 Å². The van der Waals surface area contributed by atoms with E-state index in [-0.39, 0.29) is 0 Å². The standard InChI is InChI=1S/C21H19N5O/c22-21-18(10-6-12-23-21)19-14-26(25-24-19)13-17-9-4-5-11-20(17)27-15-16-7-2-1-3-8-16/h1-12,14H,13,15H2,(H2,22,23). The molecular formula is C21H19N5O. The van der Waals surface area contributed by atoms with Crippen LogP contribution in [0.4, 0.5) is 5.82 Å². The zero-order chi connectivity index (χ0) is 18.5. The molecule has 0 spiro atoms. The minimum absolute atomic E-state index is 0.441. The molecule has 2 heterocycles. The molecule has 4 rings (SSSR count). The Labute approximate surface area is 157 Å². The Hall–Kier alpha value is -3.67. The number of nitrogens with two attached hydrogens (primary N) is 1. The van der Waals surface area contributed by atoms with E-state index in [9.17, 15) is 0 Å². The Kier molecular flexibility index (Phi) is 4.78. The van der Waals surface area contributed by atoms with E-state index in [4.69, 9.17) is 10.5 Å². The van der Waals surface area contributed by atoms with Gasteiger partial charge in [-0.1, -0.05) is 53.7 Å². The van der Waals surface area contributed by atoms with E-state index in [2.05, 4.69) is 15.3 Å². The number of aromatic nitrogens is 4. The summed E-state index contributed by atoms with van der Waals surface area (Å²) in [6.07, 6.45) is 3.52. The number of hydrogen-bond acceptors (Lipinski definition) is 5. The fraction of sp³-hybridized carbons (Fsp3) is 0.0952. The van der Waals surface area contributed by atoms with Gasteiger partial charge in [-0.25, -0.2) is 9.67 Å². The number of pyridine rings is 1. The normalized spacial score (nSPS) is 10.7. The predicted molar refractivity (Wildman–Crippen MR) is 104 cm³/mol. The van der Waals surface area contributed by atoms with Crippen molar-refractivity contribution in [2.75, 3.05) is 5.73 Å². The molecule has 6 nitrogen and oxygen atoms in total. The van der Waals surface area contributed by atoms with Gasteiger partial charge in [0.25, 0.3) is 0 Å². The molecule has 0 atom stereocenters. The summed E-state index contributed by atoms with van der Waals surface area (Å²) in [4.78, 5) is 4.10. The molecule has 134 valence electrons. The minimum atomic E-state index is 0.441. The fourth-order valence-corrected chi connectivity index (χ4v) is 2.82. The van der Waals surface area contributed by atoms with E-state index in [0.29, 0.717) is 24.7 Å². The Balaban J connectivity index is 1.51. The van der Waals surface area contributed by atoms with Crippen molar-refractivity contribution in [2.45, 2.75) is 13.2 Å². The lowest BCUT2D eigenvalue weighted by atomic mass is 10.2. The lowest BCUT2D eigenvalue weighted by Gasteiger charge is -2.11. The van der Waals surface area contributed by atoms with Crippen LogP contribution in [0.1, 0.15) is 11.1 Å². The SMILES string of the molecule is Nc1ncccc1-c1cn(Cc2ccccc2OCc2ccccc2)nn1. The van der Waals surface area contributed by atoms with Gasteiger partial charge in [-0.3, -0.25) is 0 Å². The third kappa shape index (κ3) is 3.95. The highest BCUT2D eigenvalue weighted by molar-refractivity contribution is 5.69. The average Bonchev–Trinajstić information content (AvgIpc) is 3.17. The molecular weight excluding hydrogens is 338 g/mol. The van der Waals surface area contributed by atoms with Gasteiger partial charge in [-0.15, -0.1) is 5.10 Å². The quantitative estimate of drug-likeness (QED) is 0.571. The lowest BCUT2D eigenvalue weighted by molar-refractivity contribution is 0.302. The van der Waals surface area contributed by atoms with E-state index in [1.807, 2.05) is 72.9 Å². The van der Waals surface area contributed by atoms with E-state index < -0.39 is 0 Å². The maximum Gasteiger partial charge on any atom is 0.132 e. The number of anilines is 1. The van der Waals surface area contributed by atoms with Crippen LogP contribution in [0.25, 0.3) is 11.3 Å². The van der Waals surface area contributed by atoms with Crippen molar-refractivity contribution < 1.29 is 4.74 Å². The van der Waals surface area contributed by atoms with Gasteiger partial charge >= 0.3 is 0 Å². The van der Waals surface area contributed by atoms with E-state index in [1.165, 1.54) is 0 Å². The molecule has 0 aliphatic heterocycles. The van der Waals surface area contributed by atoms with Gasteiger partial charge in [0.15, 0.2) is 0 Å². The van der Waals surface area contributed by atoms with Crippen LogP contribution in [0.2, 0.25) is 0 Å². The molecule has 2 N–H and O–H groups in total. The molecule has 0 aliphatic rings. The van der Waals surface area contributed by atoms with Gasteiger partial charge in [-0.2, -0.15) is 0 Å². The highest BCUT2D eigenvalue weighted by atomic mass is 16.5. The highest BCUT2D eigenvalue weighted by Gasteiger charge is 2.10. The van der Waals surface area contributed by atoms with Crippen molar-refractivity contribution in [3.8, 4) is 17.0 Å². The number of rotatable bonds is 6. The summed E-state index contributed by atoms with van der Waals surface area (Å²) >= 11 is 0. The molecule has 0 amide bonds. The molecule has 4 aromatic rings. The van der Waals surface area contributed by atoms with Crippen molar-refractivity contribution in [1.29, 1.82) is 0 Å². The predicted octanol–water partition coefficient (Wildman–Crippen LogP) is 3.55. The summed E-state index contributed by atoms with van der Waals surface area (Å²) in [7, 11) is 0. The highest BCUT2D eigenvalue weighted by Crippen LogP contribution is 2.23. The molecule has 0 saturated carbocycles. The number of nitrogen functional groups attached to an aromatic ring is 1. The first-order valence-electron chi connectivity index (χ1n) is 8.65. The van der Waals surface area contributed by atoms with Crippen LogP contribution in [0.5, 0.6) is 5.75 Å². The molecule has 0 unspecified atom stereocenters. The van der Waals surface area contributed by atoms with Crippen molar-refractivity contribution in [2.24, 2.45) is 0 Å². The Morgan fingerprint density at radius 1 is 0.926 bits per heavy atom. The second kappa shape index (κ2) is 7.70. The van der Waals surface area contributed by atoms with Gasteiger partial charge in [0.1, 0.15) is 23.9 Å². The average molecular weight is 357 g/mol. The van der Waals surface area contributed by atoms with Crippen molar-refractivity contribution >= 4 is 5.82 Å². The molecule has 0 saturated heterocycles. The largest absolute Gasteiger partial charge is 0.489 e. The zero-order valence-corrected chi connectivity index (χ0v) is 14.7. The summed E-state index contributed by atoms with van der Waals surface area (Å²) in [5.74, 6) is 1.27. The van der Waals surface area contributed by atoms with E-state index in [1.54, 1.807) is 10.9 Å². The third-order valence-electron chi connectivity index (χ3n) is 4.20. The first kappa shape index (κ1) is 16.8. The van der Waals surface area contributed by atoms with Gasteiger partial charge in [0, 0.05) is 17.3 Å². The zero-order valence-electron chi connectivity index (χ0n) is 14.7. The Morgan fingerprint density at radius 2 is 1.74 bits per heavy atom. The molecule has 27 heavy (non-hydrogen) atoms.